The highest BCUT2D eigenvalue weighted by molar-refractivity contribution is 5.96. The van der Waals surface area contributed by atoms with E-state index < -0.39 is 6.10 Å². The molecule has 2 unspecified atom stereocenters. The maximum atomic E-state index is 12.5. The van der Waals surface area contributed by atoms with Gasteiger partial charge in [-0.2, -0.15) is 0 Å². The Morgan fingerprint density at radius 3 is 2.48 bits per heavy atom. The van der Waals surface area contributed by atoms with E-state index in [-0.39, 0.29) is 23.8 Å². The molecule has 1 fully saturated rings. The van der Waals surface area contributed by atoms with E-state index in [4.69, 9.17) is 9.47 Å². The topological polar surface area (TPSA) is 106 Å². The van der Waals surface area contributed by atoms with Crippen LogP contribution in [-0.4, -0.2) is 49.6 Å². The molecule has 0 saturated carbocycles. The third kappa shape index (κ3) is 6.79. The molecular weight excluding hydrogens is 422 g/mol. The van der Waals surface area contributed by atoms with Crippen LogP contribution in [0.4, 0.5) is 5.69 Å². The van der Waals surface area contributed by atoms with Gasteiger partial charge in [0.1, 0.15) is 11.9 Å². The molecule has 1 saturated heterocycles. The zero-order valence-electron chi connectivity index (χ0n) is 19.3. The van der Waals surface area contributed by atoms with Crippen LogP contribution in [0.25, 0.3) is 0 Å². The maximum absolute atomic E-state index is 12.5. The zero-order valence-corrected chi connectivity index (χ0v) is 19.3. The second kappa shape index (κ2) is 11.5. The molecule has 1 aliphatic heterocycles. The number of rotatable bonds is 9. The van der Waals surface area contributed by atoms with E-state index in [2.05, 4.69) is 16.0 Å². The lowest BCUT2D eigenvalue weighted by Crippen LogP contribution is -2.39. The molecule has 2 atom stereocenters. The number of hydrogen-bond acceptors (Lipinski definition) is 5. The predicted octanol–water partition coefficient (Wildman–Crippen LogP) is 2.73. The molecule has 2 aromatic carbocycles. The van der Waals surface area contributed by atoms with Gasteiger partial charge in [-0.1, -0.05) is 12.1 Å². The summed E-state index contributed by atoms with van der Waals surface area (Å²) in [5.74, 6) is -0.00445. The van der Waals surface area contributed by atoms with Crippen molar-refractivity contribution in [1.29, 1.82) is 0 Å². The zero-order chi connectivity index (χ0) is 23.8. The summed E-state index contributed by atoms with van der Waals surface area (Å²) in [7, 11) is 0. The quantitative estimate of drug-likeness (QED) is 0.507. The highest BCUT2D eigenvalue weighted by Gasteiger charge is 2.23. The number of amides is 3. The summed E-state index contributed by atoms with van der Waals surface area (Å²) in [6, 6.07) is 12.3. The molecule has 1 heterocycles. The van der Waals surface area contributed by atoms with E-state index in [1.165, 1.54) is 0 Å². The number of carbonyl (C=O) groups is 3. The SMILES string of the molecule is Cc1cccc(OC(C)C(=O)Nc2ccc(C(=O)NCCNC(=O)C3CCCO3)cc2)c1C. The lowest BCUT2D eigenvalue weighted by atomic mass is 10.1. The molecule has 0 aromatic heterocycles. The fraction of sp³-hybridized carbons (Fsp3) is 0.400. The van der Waals surface area contributed by atoms with Crippen molar-refractivity contribution >= 4 is 23.4 Å². The monoisotopic (exact) mass is 453 g/mol. The molecular formula is C25H31N3O5. The van der Waals surface area contributed by atoms with E-state index in [9.17, 15) is 14.4 Å². The largest absolute Gasteiger partial charge is 0.481 e. The van der Waals surface area contributed by atoms with Crippen molar-refractivity contribution in [3.05, 3.63) is 59.2 Å². The van der Waals surface area contributed by atoms with Gasteiger partial charge < -0.3 is 25.4 Å². The van der Waals surface area contributed by atoms with Crippen LogP contribution in [0.15, 0.2) is 42.5 Å². The molecule has 0 radical (unpaired) electrons. The van der Waals surface area contributed by atoms with Crippen LogP contribution in [-0.2, 0) is 14.3 Å². The Kier molecular flexibility index (Phi) is 8.43. The number of benzene rings is 2. The molecule has 3 amide bonds. The average molecular weight is 454 g/mol. The third-order valence-electron chi connectivity index (χ3n) is 5.57. The highest BCUT2D eigenvalue weighted by atomic mass is 16.5. The Labute approximate surface area is 194 Å². The predicted molar refractivity (Wildman–Crippen MR) is 125 cm³/mol. The molecule has 8 heteroatoms. The average Bonchev–Trinajstić information content (AvgIpc) is 3.35. The normalized spacial score (nSPS) is 16.0. The number of anilines is 1. The highest BCUT2D eigenvalue weighted by Crippen LogP contribution is 2.22. The van der Waals surface area contributed by atoms with Crippen molar-refractivity contribution in [3.63, 3.8) is 0 Å². The van der Waals surface area contributed by atoms with Gasteiger partial charge in [0.25, 0.3) is 11.8 Å². The number of aryl methyl sites for hydroxylation is 1. The van der Waals surface area contributed by atoms with Crippen molar-refractivity contribution < 1.29 is 23.9 Å². The summed E-state index contributed by atoms with van der Waals surface area (Å²) in [5.41, 5.74) is 3.12. The Morgan fingerprint density at radius 1 is 1.06 bits per heavy atom. The lowest BCUT2D eigenvalue weighted by molar-refractivity contribution is -0.130. The second-order valence-electron chi connectivity index (χ2n) is 8.07. The number of hydrogen-bond donors (Lipinski definition) is 3. The molecule has 33 heavy (non-hydrogen) atoms. The van der Waals surface area contributed by atoms with E-state index in [1.807, 2.05) is 32.0 Å². The van der Waals surface area contributed by atoms with Crippen molar-refractivity contribution in [2.75, 3.05) is 25.0 Å². The van der Waals surface area contributed by atoms with Gasteiger partial charge in [0.2, 0.25) is 5.91 Å². The lowest BCUT2D eigenvalue weighted by Gasteiger charge is -2.17. The minimum Gasteiger partial charge on any atom is -0.481 e. The number of carbonyl (C=O) groups excluding carboxylic acids is 3. The smallest absolute Gasteiger partial charge is 0.265 e. The molecule has 1 aliphatic rings. The van der Waals surface area contributed by atoms with E-state index in [0.29, 0.717) is 36.7 Å². The molecule has 0 bridgehead atoms. The van der Waals surface area contributed by atoms with Gasteiger partial charge >= 0.3 is 0 Å². The first-order valence-corrected chi connectivity index (χ1v) is 11.2. The molecule has 2 aromatic rings. The Hall–Kier alpha value is -3.39. The minimum absolute atomic E-state index is 0.141. The van der Waals surface area contributed by atoms with Crippen LogP contribution in [0, 0.1) is 13.8 Å². The van der Waals surface area contributed by atoms with Gasteiger partial charge in [0.15, 0.2) is 6.10 Å². The number of nitrogens with one attached hydrogen (secondary N) is 3. The van der Waals surface area contributed by atoms with E-state index >= 15 is 0 Å². The summed E-state index contributed by atoms with van der Waals surface area (Å²) in [4.78, 5) is 36.7. The second-order valence-corrected chi connectivity index (χ2v) is 8.07. The van der Waals surface area contributed by atoms with Gasteiger partial charge in [-0.3, -0.25) is 14.4 Å². The minimum atomic E-state index is -0.682. The molecule has 0 spiro atoms. The van der Waals surface area contributed by atoms with Crippen LogP contribution in [0.1, 0.15) is 41.3 Å². The third-order valence-corrected chi connectivity index (χ3v) is 5.57. The van der Waals surface area contributed by atoms with Crippen molar-refractivity contribution in [2.24, 2.45) is 0 Å². The summed E-state index contributed by atoms with van der Waals surface area (Å²) in [6.07, 6.45) is 0.567. The van der Waals surface area contributed by atoms with Crippen LogP contribution in [0.5, 0.6) is 5.75 Å². The summed E-state index contributed by atoms with van der Waals surface area (Å²) in [6.45, 7) is 6.89. The fourth-order valence-corrected chi connectivity index (χ4v) is 3.41. The Balaban J connectivity index is 1.43. The van der Waals surface area contributed by atoms with Crippen LogP contribution >= 0.6 is 0 Å². The fourth-order valence-electron chi connectivity index (χ4n) is 3.41. The molecule has 8 nitrogen and oxygen atoms in total. The molecule has 3 rings (SSSR count). The molecule has 0 aliphatic carbocycles. The van der Waals surface area contributed by atoms with Gasteiger partial charge in [-0.05, 0) is 75.1 Å². The summed E-state index contributed by atoms with van der Waals surface area (Å²) in [5, 5.41) is 8.32. The van der Waals surface area contributed by atoms with Crippen LogP contribution in [0.2, 0.25) is 0 Å². The van der Waals surface area contributed by atoms with Gasteiger partial charge in [-0.15, -0.1) is 0 Å². The van der Waals surface area contributed by atoms with Gasteiger partial charge in [0, 0.05) is 30.9 Å². The Morgan fingerprint density at radius 2 is 1.79 bits per heavy atom. The molecule has 3 N–H and O–H groups in total. The van der Waals surface area contributed by atoms with Gasteiger partial charge in [0.05, 0.1) is 0 Å². The van der Waals surface area contributed by atoms with Crippen molar-refractivity contribution in [2.45, 2.75) is 45.8 Å². The van der Waals surface area contributed by atoms with Crippen LogP contribution < -0.4 is 20.7 Å². The standard InChI is InChI=1S/C25H31N3O5/c1-16-6-4-7-21(17(16)2)33-18(3)23(29)28-20-11-9-19(10-12-20)24(30)26-13-14-27-25(31)22-8-5-15-32-22/h4,6-7,9-12,18,22H,5,8,13-15H2,1-3H3,(H,26,30)(H,27,31)(H,28,29). The first-order valence-electron chi connectivity index (χ1n) is 11.2. The first kappa shape index (κ1) is 24.3. The van der Waals surface area contributed by atoms with Crippen molar-refractivity contribution in [1.82, 2.24) is 10.6 Å². The van der Waals surface area contributed by atoms with E-state index in [0.717, 1.165) is 24.0 Å². The van der Waals surface area contributed by atoms with E-state index in [1.54, 1.807) is 31.2 Å². The summed E-state index contributed by atoms with van der Waals surface area (Å²) >= 11 is 0. The maximum Gasteiger partial charge on any atom is 0.265 e. The van der Waals surface area contributed by atoms with Crippen molar-refractivity contribution in [3.8, 4) is 5.75 Å². The Bertz CT molecular complexity index is 984. The van der Waals surface area contributed by atoms with Gasteiger partial charge in [-0.25, -0.2) is 0 Å². The number of ether oxygens (including phenoxy) is 2. The van der Waals surface area contributed by atoms with Crippen LogP contribution in [0.3, 0.4) is 0 Å². The molecule has 176 valence electrons. The first-order chi connectivity index (χ1) is 15.8. The summed E-state index contributed by atoms with van der Waals surface area (Å²) < 4.78 is 11.1.